The molecule has 0 radical (unpaired) electrons. The molecule has 0 heterocycles. The summed E-state index contributed by atoms with van der Waals surface area (Å²) in [5.74, 6) is -0.851. The van der Waals surface area contributed by atoms with E-state index in [1.165, 1.54) is 12.8 Å². The fraction of sp³-hybridized carbons (Fsp3) is 0.889. The maximum atomic E-state index is 10.6. The molecule has 1 aliphatic carbocycles. The minimum Gasteiger partial charge on any atom is -0.481 e. The first kappa shape index (κ1) is 9.52. The number of aliphatic carboxylic acids is 1. The Balaban J connectivity index is 2.30. The summed E-state index contributed by atoms with van der Waals surface area (Å²) in [5.41, 5.74) is 0. The molecule has 0 aliphatic heterocycles. The second-order valence-corrected chi connectivity index (χ2v) is 3.60. The SMILES string of the molecule is O=C(O)C(CO)CC1CCCC1. The molecule has 0 amide bonds. The van der Waals surface area contributed by atoms with Crippen LogP contribution in [0, 0.1) is 11.8 Å². The summed E-state index contributed by atoms with van der Waals surface area (Å²) in [6, 6.07) is 0. The predicted octanol–water partition coefficient (Wildman–Crippen LogP) is 1.26. The molecule has 1 rings (SSSR count). The Kier molecular flexibility index (Phi) is 3.53. The van der Waals surface area contributed by atoms with Gasteiger partial charge in [-0.15, -0.1) is 0 Å². The smallest absolute Gasteiger partial charge is 0.308 e. The van der Waals surface area contributed by atoms with Gasteiger partial charge in [-0.1, -0.05) is 25.7 Å². The minimum absolute atomic E-state index is 0.216. The van der Waals surface area contributed by atoms with Gasteiger partial charge in [-0.25, -0.2) is 0 Å². The van der Waals surface area contributed by atoms with E-state index >= 15 is 0 Å². The van der Waals surface area contributed by atoms with Crippen molar-refractivity contribution >= 4 is 5.97 Å². The van der Waals surface area contributed by atoms with Crippen molar-refractivity contribution in [3.8, 4) is 0 Å². The maximum Gasteiger partial charge on any atom is 0.308 e. The van der Waals surface area contributed by atoms with Gasteiger partial charge in [0.1, 0.15) is 0 Å². The second-order valence-electron chi connectivity index (χ2n) is 3.60. The Morgan fingerprint density at radius 2 is 2.00 bits per heavy atom. The zero-order chi connectivity index (χ0) is 8.97. The molecule has 0 aromatic carbocycles. The van der Waals surface area contributed by atoms with E-state index in [1.807, 2.05) is 0 Å². The zero-order valence-electron chi connectivity index (χ0n) is 7.20. The fourth-order valence-electron chi connectivity index (χ4n) is 1.90. The molecule has 12 heavy (non-hydrogen) atoms. The molecule has 1 unspecified atom stereocenters. The topological polar surface area (TPSA) is 57.5 Å². The molecular formula is C9H16O3. The molecule has 1 aliphatic rings. The summed E-state index contributed by atoms with van der Waals surface area (Å²) >= 11 is 0. The predicted molar refractivity (Wildman–Crippen MR) is 44.8 cm³/mol. The lowest BCUT2D eigenvalue weighted by molar-refractivity contribution is -0.143. The Bertz CT molecular complexity index is 150. The molecule has 0 saturated heterocycles. The number of hydrogen-bond acceptors (Lipinski definition) is 2. The van der Waals surface area contributed by atoms with Crippen LogP contribution >= 0.6 is 0 Å². The van der Waals surface area contributed by atoms with Crippen molar-refractivity contribution in [2.45, 2.75) is 32.1 Å². The van der Waals surface area contributed by atoms with Crippen LogP contribution in [0.25, 0.3) is 0 Å². The van der Waals surface area contributed by atoms with E-state index in [2.05, 4.69) is 0 Å². The van der Waals surface area contributed by atoms with E-state index in [0.717, 1.165) is 12.8 Å². The quantitative estimate of drug-likeness (QED) is 0.671. The zero-order valence-corrected chi connectivity index (χ0v) is 7.20. The van der Waals surface area contributed by atoms with Crippen LogP contribution in [0.3, 0.4) is 0 Å². The van der Waals surface area contributed by atoms with Crippen LogP contribution in [0.15, 0.2) is 0 Å². The van der Waals surface area contributed by atoms with E-state index in [0.29, 0.717) is 12.3 Å². The second kappa shape index (κ2) is 4.45. The van der Waals surface area contributed by atoms with Crippen LogP contribution in [-0.4, -0.2) is 22.8 Å². The first-order valence-corrected chi connectivity index (χ1v) is 4.57. The third-order valence-electron chi connectivity index (χ3n) is 2.66. The summed E-state index contributed by atoms with van der Waals surface area (Å²) in [6.45, 7) is -0.216. The molecule has 0 aromatic rings. The van der Waals surface area contributed by atoms with Crippen LogP contribution in [0.1, 0.15) is 32.1 Å². The van der Waals surface area contributed by atoms with E-state index in [4.69, 9.17) is 10.2 Å². The van der Waals surface area contributed by atoms with Crippen molar-refractivity contribution in [1.82, 2.24) is 0 Å². The van der Waals surface area contributed by atoms with E-state index in [9.17, 15) is 4.79 Å². The van der Waals surface area contributed by atoms with E-state index in [1.54, 1.807) is 0 Å². The Labute approximate surface area is 72.4 Å². The van der Waals surface area contributed by atoms with Crippen LogP contribution in [0.4, 0.5) is 0 Å². The number of rotatable bonds is 4. The van der Waals surface area contributed by atoms with Crippen LogP contribution in [0.5, 0.6) is 0 Å². The van der Waals surface area contributed by atoms with Gasteiger partial charge in [0.2, 0.25) is 0 Å². The normalized spacial score (nSPS) is 21.1. The summed E-state index contributed by atoms with van der Waals surface area (Å²) in [5, 5.41) is 17.4. The average molecular weight is 172 g/mol. The average Bonchev–Trinajstić information content (AvgIpc) is 2.51. The Morgan fingerprint density at radius 1 is 1.42 bits per heavy atom. The molecule has 70 valence electrons. The first-order valence-electron chi connectivity index (χ1n) is 4.57. The number of carbonyl (C=O) groups is 1. The molecule has 1 fully saturated rings. The van der Waals surface area contributed by atoms with Gasteiger partial charge in [-0.2, -0.15) is 0 Å². The van der Waals surface area contributed by atoms with Gasteiger partial charge in [0.15, 0.2) is 0 Å². The molecule has 3 nitrogen and oxygen atoms in total. The molecule has 0 bridgehead atoms. The number of hydrogen-bond donors (Lipinski definition) is 2. The minimum atomic E-state index is -0.857. The summed E-state index contributed by atoms with van der Waals surface area (Å²) < 4.78 is 0. The molecule has 2 N–H and O–H groups in total. The first-order chi connectivity index (χ1) is 5.74. The van der Waals surface area contributed by atoms with E-state index in [-0.39, 0.29) is 6.61 Å². The molecule has 0 spiro atoms. The van der Waals surface area contributed by atoms with Crippen molar-refractivity contribution in [1.29, 1.82) is 0 Å². The van der Waals surface area contributed by atoms with Gasteiger partial charge in [0, 0.05) is 0 Å². The fourth-order valence-corrected chi connectivity index (χ4v) is 1.90. The highest BCUT2D eigenvalue weighted by Gasteiger charge is 2.23. The number of carboxylic acids is 1. The highest BCUT2D eigenvalue weighted by Crippen LogP contribution is 2.30. The molecule has 0 aromatic heterocycles. The molecule has 1 saturated carbocycles. The molecular weight excluding hydrogens is 156 g/mol. The van der Waals surface area contributed by atoms with E-state index < -0.39 is 11.9 Å². The number of aliphatic hydroxyl groups is 1. The van der Waals surface area contributed by atoms with Gasteiger partial charge in [-0.05, 0) is 12.3 Å². The van der Waals surface area contributed by atoms with Crippen molar-refractivity contribution in [3.63, 3.8) is 0 Å². The lowest BCUT2D eigenvalue weighted by Crippen LogP contribution is -2.20. The third kappa shape index (κ3) is 2.48. The van der Waals surface area contributed by atoms with Crippen molar-refractivity contribution in [2.24, 2.45) is 11.8 Å². The van der Waals surface area contributed by atoms with Crippen molar-refractivity contribution in [2.75, 3.05) is 6.61 Å². The van der Waals surface area contributed by atoms with Gasteiger partial charge >= 0.3 is 5.97 Å². The number of aliphatic hydroxyl groups excluding tert-OH is 1. The monoisotopic (exact) mass is 172 g/mol. The highest BCUT2D eigenvalue weighted by atomic mass is 16.4. The van der Waals surface area contributed by atoms with Crippen LogP contribution in [-0.2, 0) is 4.79 Å². The maximum absolute atomic E-state index is 10.6. The summed E-state index contributed by atoms with van der Waals surface area (Å²) in [7, 11) is 0. The highest BCUT2D eigenvalue weighted by molar-refractivity contribution is 5.70. The largest absolute Gasteiger partial charge is 0.481 e. The van der Waals surface area contributed by atoms with Crippen molar-refractivity contribution < 1.29 is 15.0 Å². The third-order valence-corrected chi connectivity index (χ3v) is 2.66. The lowest BCUT2D eigenvalue weighted by Gasteiger charge is -2.13. The lowest BCUT2D eigenvalue weighted by atomic mass is 9.94. The molecule has 1 atom stereocenters. The Morgan fingerprint density at radius 3 is 2.42 bits per heavy atom. The summed E-state index contributed by atoms with van der Waals surface area (Å²) in [4.78, 5) is 10.6. The standard InChI is InChI=1S/C9H16O3/c10-6-8(9(11)12)5-7-3-1-2-4-7/h7-8,10H,1-6H2,(H,11,12). The van der Waals surface area contributed by atoms with Crippen LogP contribution in [0.2, 0.25) is 0 Å². The van der Waals surface area contributed by atoms with Gasteiger partial charge in [0.05, 0.1) is 12.5 Å². The van der Waals surface area contributed by atoms with Crippen LogP contribution < -0.4 is 0 Å². The van der Waals surface area contributed by atoms with Gasteiger partial charge in [-0.3, -0.25) is 4.79 Å². The van der Waals surface area contributed by atoms with Gasteiger partial charge < -0.3 is 10.2 Å². The Hall–Kier alpha value is -0.570. The molecule has 3 heteroatoms. The number of carboxylic acid groups (broad SMARTS) is 1. The van der Waals surface area contributed by atoms with Gasteiger partial charge in [0.25, 0.3) is 0 Å². The van der Waals surface area contributed by atoms with Crippen molar-refractivity contribution in [3.05, 3.63) is 0 Å². The summed E-state index contributed by atoms with van der Waals surface area (Å²) in [6.07, 6.45) is 5.39.